The molecular formula is C10H10ClNO2. The van der Waals surface area contributed by atoms with Gasteiger partial charge in [-0.25, -0.2) is 0 Å². The van der Waals surface area contributed by atoms with Gasteiger partial charge in [0.1, 0.15) is 11.8 Å². The Bertz CT molecular complexity index is 360. The third-order valence-corrected chi connectivity index (χ3v) is 1.91. The molecule has 0 aromatic heterocycles. The SMILES string of the molecule is CC(C#N)Oc1ccc(Cl)cc1CO. The smallest absolute Gasteiger partial charge is 0.181 e. The van der Waals surface area contributed by atoms with E-state index in [0.29, 0.717) is 16.3 Å². The van der Waals surface area contributed by atoms with E-state index in [1.165, 1.54) is 0 Å². The molecule has 0 spiro atoms. The highest BCUT2D eigenvalue weighted by molar-refractivity contribution is 6.30. The largest absolute Gasteiger partial charge is 0.476 e. The molecule has 0 aliphatic carbocycles. The first-order valence-electron chi connectivity index (χ1n) is 4.13. The summed E-state index contributed by atoms with van der Waals surface area (Å²) in [5.74, 6) is 0.492. The van der Waals surface area contributed by atoms with Crippen molar-refractivity contribution in [1.29, 1.82) is 5.26 Å². The molecule has 4 heteroatoms. The van der Waals surface area contributed by atoms with Crippen molar-refractivity contribution >= 4 is 11.6 Å². The van der Waals surface area contributed by atoms with Crippen LogP contribution in [-0.2, 0) is 6.61 Å². The number of hydrogen-bond donors (Lipinski definition) is 1. The second-order valence-corrected chi connectivity index (χ2v) is 3.24. The van der Waals surface area contributed by atoms with E-state index in [0.717, 1.165) is 0 Å². The van der Waals surface area contributed by atoms with E-state index in [9.17, 15) is 0 Å². The average molecular weight is 212 g/mol. The van der Waals surface area contributed by atoms with Crippen LogP contribution in [0.15, 0.2) is 18.2 Å². The van der Waals surface area contributed by atoms with Crippen LogP contribution >= 0.6 is 11.6 Å². The zero-order chi connectivity index (χ0) is 10.6. The van der Waals surface area contributed by atoms with E-state index in [4.69, 9.17) is 26.7 Å². The lowest BCUT2D eigenvalue weighted by Crippen LogP contribution is -2.09. The minimum atomic E-state index is -0.540. The van der Waals surface area contributed by atoms with Gasteiger partial charge >= 0.3 is 0 Å². The Kier molecular flexibility index (Phi) is 3.75. The zero-order valence-electron chi connectivity index (χ0n) is 7.70. The monoisotopic (exact) mass is 211 g/mol. The number of nitriles is 1. The van der Waals surface area contributed by atoms with E-state index in [1.807, 2.05) is 6.07 Å². The minimum absolute atomic E-state index is 0.159. The molecule has 3 nitrogen and oxygen atoms in total. The van der Waals surface area contributed by atoms with Crippen LogP contribution in [-0.4, -0.2) is 11.2 Å². The summed E-state index contributed by atoms with van der Waals surface area (Å²) in [6.45, 7) is 1.48. The Morgan fingerprint density at radius 2 is 2.36 bits per heavy atom. The standard InChI is InChI=1S/C10H10ClNO2/c1-7(5-12)14-10-3-2-9(11)4-8(10)6-13/h2-4,7,13H,6H2,1H3. The quantitative estimate of drug-likeness (QED) is 0.833. The van der Waals surface area contributed by atoms with Crippen molar-refractivity contribution in [3.05, 3.63) is 28.8 Å². The summed E-state index contributed by atoms with van der Waals surface area (Å²) in [6.07, 6.45) is -0.540. The van der Waals surface area contributed by atoms with Crippen molar-refractivity contribution in [1.82, 2.24) is 0 Å². The van der Waals surface area contributed by atoms with Crippen molar-refractivity contribution in [3.8, 4) is 11.8 Å². The third-order valence-electron chi connectivity index (χ3n) is 1.68. The molecule has 0 amide bonds. The maximum absolute atomic E-state index is 9.01. The van der Waals surface area contributed by atoms with Gasteiger partial charge in [-0.05, 0) is 25.1 Å². The van der Waals surface area contributed by atoms with Crippen LogP contribution in [0.25, 0.3) is 0 Å². The molecule has 1 aromatic rings. The fourth-order valence-electron chi connectivity index (χ4n) is 1.00. The number of benzene rings is 1. The molecule has 74 valence electrons. The topological polar surface area (TPSA) is 53.2 Å². The highest BCUT2D eigenvalue weighted by Gasteiger charge is 2.07. The molecule has 0 heterocycles. The van der Waals surface area contributed by atoms with E-state index < -0.39 is 6.10 Å². The molecule has 0 saturated carbocycles. The summed E-state index contributed by atoms with van der Waals surface area (Å²) in [6, 6.07) is 6.85. The van der Waals surface area contributed by atoms with Crippen molar-refractivity contribution in [2.75, 3.05) is 0 Å². The molecular weight excluding hydrogens is 202 g/mol. The molecule has 1 rings (SSSR count). The van der Waals surface area contributed by atoms with Gasteiger partial charge in [-0.3, -0.25) is 0 Å². The van der Waals surface area contributed by atoms with E-state index in [-0.39, 0.29) is 6.61 Å². The Hall–Kier alpha value is -1.24. The number of ether oxygens (including phenoxy) is 1. The molecule has 0 bridgehead atoms. The molecule has 0 fully saturated rings. The van der Waals surface area contributed by atoms with Gasteiger partial charge in [0.2, 0.25) is 0 Å². The van der Waals surface area contributed by atoms with Crippen LogP contribution < -0.4 is 4.74 Å². The molecule has 0 radical (unpaired) electrons. The maximum Gasteiger partial charge on any atom is 0.181 e. The van der Waals surface area contributed by atoms with Gasteiger partial charge in [0.05, 0.1) is 6.61 Å². The van der Waals surface area contributed by atoms with Crippen molar-refractivity contribution < 1.29 is 9.84 Å². The van der Waals surface area contributed by atoms with Crippen LogP contribution in [0.2, 0.25) is 5.02 Å². The van der Waals surface area contributed by atoms with Gasteiger partial charge in [-0.15, -0.1) is 0 Å². The summed E-state index contributed by atoms with van der Waals surface area (Å²) in [5.41, 5.74) is 0.583. The van der Waals surface area contributed by atoms with Crippen LogP contribution in [0.3, 0.4) is 0 Å². The molecule has 1 N–H and O–H groups in total. The predicted octanol–water partition coefficient (Wildman–Crippen LogP) is 2.12. The number of aliphatic hydroxyl groups is 1. The molecule has 0 aliphatic rings. The highest BCUT2D eigenvalue weighted by atomic mass is 35.5. The zero-order valence-corrected chi connectivity index (χ0v) is 8.45. The molecule has 0 aliphatic heterocycles. The lowest BCUT2D eigenvalue weighted by atomic mass is 10.2. The Morgan fingerprint density at radius 3 is 2.93 bits per heavy atom. The van der Waals surface area contributed by atoms with E-state index in [1.54, 1.807) is 25.1 Å². The number of hydrogen-bond acceptors (Lipinski definition) is 3. The first kappa shape index (κ1) is 10.8. The Labute approximate surface area is 87.5 Å². The van der Waals surface area contributed by atoms with Gasteiger partial charge < -0.3 is 9.84 Å². The number of aliphatic hydroxyl groups excluding tert-OH is 1. The lowest BCUT2D eigenvalue weighted by molar-refractivity contribution is 0.247. The van der Waals surface area contributed by atoms with Crippen LogP contribution in [0, 0.1) is 11.3 Å². The van der Waals surface area contributed by atoms with Gasteiger partial charge in [-0.1, -0.05) is 11.6 Å². The van der Waals surface area contributed by atoms with Gasteiger partial charge in [0.15, 0.2) is 6.10 Å². The van der Waals surface area contributed by atoms with Gasteiger partial charge in [0.25, 0.3) is 0 Å². The Balaban J connectivity index is 2.92. The molecule has 1 unspecified atom stereocenters. The molecule has 14 heavy (non-hydrogen) atoms. The van der Waals surface area contributed by atoms with Crippen molar-refractivity contribution in [2.45, 2.75) is 19.6 Å². The molecule has 1 aromatic carbocycles. The van der Waals surface area contributed by atoms with Crippen LogP contribution in [0.1, 0.15) is 12.5 Å². The maximum atomic E-state index is 9.01. The number of rotatable bonds is 3. The third kappa shape index (κ3) is 2.63. The fourth-order valence-corrected chi connectivity index (χ4v) is 1.20. The normalized spacial score (nSPS) is 11.9. The summed E-state index contributed by atoms with van der Waals surface area (Å²) >= 11 is 5.73. The Morgan fingerprint density at radius 1 is 1.64 bits per heavy atom. The number of halogens is 1. The van der Waals surface area contributed by atoms with Crippen molar-refractivity contribution in [3.63, 3.8) is 0 Å². The second-order valence-electron chi connectivity index (χ2n) is 2.80. The first-order valence-corrected chi connectivity index (χ1v) is 4.50. The lowest BCUT2D eigenvalue weighted by Gasteiger charge is -2.11. The number of nitrogens with zero attached hydrogens (tertiary/aromatic N) is 1. The summed E-state index contributed by atoms with van der Waals surface area (Å²) in [4.78, 5) is 0. The second kappa shape index (κ2) is 4.85. The van der Waals surface area contributed by atoms with Gasteiger partial charge in [-0.2, -0.15) is 5.26 Å². The first-order chi connectivity index (χ1) is 6.67. The van der Waals surface area contributed by atoms with Crippen LogP contribution in [0.4, 0.5) is 0 Å². The van der Waals surface area contributed by atoms with Crippen molar-refractivity contribution in [2.24, 2.45) is 0 Å². The van der Waals surface area contributed by atoms with E-state index in [2.05, 4.69) is 0 Å². The van der Waals surface area contributed by atoms with Gasteiger partial charge in [0, 0.05) is 10.6 Å². The fraction of sp³-hybridized carbons (Fsp3) is 0.300. The summed E-state index contributed by atoms with van der Waals surface area (Å²) in [7, 11) is 0. The summed E-state index contributed by atoms with van der Waals surface area (Å²) < 4.78 is 5.26. The molecule has 0 saturated heterocycles. The van der Waals surface area contributed by atoms with E-state index >= 15 is 0 Å². The van der Waals surface area contributed by atoms with Crippen LogP contribution in [0.5, 0.6) is 5.75 Å². The minimum Gasteiger partial charge on any atom is -0.476 e. The summed E-state index contributed by atoms with van der Waals surface area (Å²) in [5, 5.41) is 18.1. The average Bonchev–Trinajstić information content (AvgIpc) is 2.20. The highest BCUT2D eigenvalue weighted by Crippen LogP contribution is 2.23. The predicted molar refractivity (Wildman–Crippen MR) is 53.1 cm³/mol. The molecule has 1 atom stereocenters.